The smallest absolute Gasteiger partial charge is 0.216 e. The number of nitrogens with one attached hydrogen (secondary N) is 2. The summed E-state index contributed by atoms with van der Waals surface area (Å²) in [6, 6.07) is 12.0. The minimum absolute atomic E-state index is 0.257. The Hall–Kier alpha value is -9.02. The molecule has 4 aliphatic rings. The second-order valence-corrected chi connectivity index (χ2v) is 19.0. The maximum Gasteiger partial charge on any atom is 0.216 e. The molecule has 14 heterocycles. The minimum Gasteiger partial charge on any atom is -0.475 e. The average molecular weight is 991 g/mol. The van der Waals surface area contributed by atoms with Gasteiger partial charge in [-0.15, -0.1) is 0 Å². The van der Waals surface area contributed by atoms with E-state index in [9.17, 15) is 10.2 Å². The van der Waals surface area contributed by atoms with Crippen molar-refractivity contribution in [2.45, 2.75) is 77.9 Å². The molecule has 10 aromatic heterocycles. The van der Waals surface area contributed by atoms with Crippen LogP contribution in [0.4, 0.5) is 34.9 Å². The molecule has 22 nitrogen and oxygen atoms in total. The van der Waals surface area contributed by atoms with E-state index in [0.717, 1.165) is 116 Å². The molecule has 10 aromatic rings. The number of nitrogens with zero attached hydrogens (tertiary/aromatic N) is 14. The van der Waals surface area contributed by atoms with Crippen molar-refractivity contribution in [3.05, 3.63) is 131 Å². The van der Waals surface area contributed by atoms with Crippen molar-refractivity contribution in [1.29, 1.82) is 0 Å². The Morgan fingerprint density at radius 2 is 1.03 bits per heavy atom. The molecule has 0 saturated heterocycles. The van der Waals surface area contributed by atoms with Crippen LogP contribution < -0.4 is 31.6 Å². The molecule has 0 aliphatic carbocycles. The molecule has 372 valence electrons. The number of aryl methyl sites for hydroxylation is 4. The van der Waals surface area contributed by atoms with E-state index in [1.165, 1.54) is 0 Å². The number of pyridine rings is 6. The summed E-state index contributed by atoms with van der Waals surface area (Å²) in [6.07, 6.45) is 16.3. The van der Waals surface area contributed by atoms with Crippen molar-refractivity contribution >= 4 is 56.5 Å². The molecule has 0 spiro atoms. The van der Waals surface area contributed by atoms with Gasteiger partial charge in [-0.2, -0.15) is 10.2 Å². The largest absolute Gasteiger partial charge is 0.475 e. The molecular weight excluding hydrogens is 941 g/mol. The molecule has 0 bridgehead atoms. The van der Waals surface area contributed by atoms with Crippen molar-refractivity contribution in [2.24, 2.45) is 0 Å². The number of hydrogen-bond donors (Lipinski definition) is 6. The van der Waals surface area contributed by atoms with Gasteiger partial charge in [0.15, 0.2) is 11.6 Å². The molecule has 0 aromatic carbocycles. The lowest BCUT2D eigenvalue weighted by Crippen LogP contribution is -2.26. The van der Waals surface area contributed by atoms with Gasteiger partial charge in [-0.05, 0) is 60.0 Å². The van der Waals surface area contributed by atoms with E-state index in [1.807, 2.05) is 72.3 Å². The van der Waals surface area contributed by atoms with Crippen LogP contribution in [-0.2, 0) is 51.9 Å². The summed E-state index contributed by atoms with van der Waals surface area (Å²) in [5.74, 6) is 6.72. The molecule has 14 rings (SSSR count). The summed E-state index contributed by atoms with van der Waals surface area (Å²) >= 11 is 0. The van der Waals surface area contributed by atoms with E-state index >= 15 is 0 Å². The highest BCUT2D eigenvalue weighted by molar-refractivity contribution is 5.96. The highest BCUT2D eigenvalue weighted by Crippen LogP contribution is 2.37. The third-order valence-electron chi connectivity index (χ3n) is 14.2. The number of imidazole rings is 2. The summed E-state index contributed by atoms with van der Waals surface area (Å²) in [4.78, 5) is 36.2. The first kappa shape index (κ1) is 44.9. The van der Waals surface area contributed by atoms with Crippen molar-refractivity contribution in [1.82, 2.24) is 68.6 Å². The van der Waals surface area contributed by atoms with Crippen LogP contribution in [0.5, 0.6) is 11.8 Å². The molecule has 22 heteroatoms. The lowest BCUT2D eigenvalue weighted by atomic mass is 9.96. The van der Waals surface area contributed by atoms with Gasteiger partial charge in [0.2, 0.25) is 11.8 Å². The summed E-state index contributed by atoms with van der Waals surface area (Å²) in [7, 11) is 0. The number of rotatable bonds is 6. The number of nitrogen functional groups attached to an aromatic ring is 2. The Morgan fingerprint density at radius 1 is 0.568 bits per heavy atom. The molecular formula is C52H50N18O4. The van der Waals surface area contributed by atoms with Crippen LogP contribution in [0.25, 0.3) is 44.1 Å². The van der Waals surface area contributed by atoms with E-state index in [0.29, 0.717) is 72.4 Å². The number of aromatic nitrogens is 14. The number of anilines is 6. The third-order valence-corrected chi connectivity index (χ3v) is 14.2. The first-order valence-corrected chi connectivity index (χ1v) is 24.4. The summed E-state index contributed by atoms with van der Waals surface area (Å²) < 4.78 is 19.5. The fraction of sp³-hybridized carbons (Fsp3) is 0.269. The van der Waals surface area contributed by atoms with Crippen molar-refractivity contribution in [3.63, 3.8) is 0 Å². The Morgan fingerprint density at radius 3 is 1.49 bits per heavy atom. The Bertz CT molecular complexity index is 3590. The number of ether oxygens (including phenoxy) is 2. The topological polar surface area (TPSA) is 284 Å². The van der Waals surface area contributed by atoms with Gasteiger partial charge in [-0.3, -0.25) is 9.36 Å². The van der Waals surface area contributed by atoms with Crippen LogP contribution >= 0.6 is 0 Å². The zero-order chi connectivity index (χ0) is 50.2. The monoisotopic (exact) mass is 990 g/mol. The molecule has 0 amide bonds. The summed E-state index contributed by atoms with van der Waals surface area (Å²) in [5, 5.41) is 39.6. The van der Waals surface area contributed by atoms with E-state index in [1.54, 1.807) is 24.8 Å². The first-order chi connectivity index (χ1) is 36.0. The number of nitrogens with two attached hydrogens (primary N) is 2. The number of fused-ring (bicyclic) bond motifs is 8. The van der Waals surface area contributed by atoms with Gasteiger partial charge in [0.25, 0.3) is 0 Å². The van der Waals surface area contributed by atoms with E-state index in [-0.39, 0.29) is 13.2 Å². The van der Waals surface area contributed by atoms with Gasteiger partial charge in [-0.1, -0.05) is 0 Å². The molecule has 0 saturated carbocycles. The zero-order valence-corrected chi connectivity index (χ0v) is 40.4. The summed E-state index contributed by atoms with van der Waals surface area (Å²) in [5.41, 5.74) is 21.8. The minimum atomic E-state index is -0.544. The van der Waals surface area contributed by atoms with Gasteiger partial charge >= 0.3 is 0 Å². The van der Waals surface area contributed by atoms with Crippen LogP contribution in [0, 0.1) is 13.8 Å². The quantitative estimate of drug-likeness (QED) is 0.124. The maximum atomic E-state index is 10.1. The van der Waals surface area contributed by atoms with Crippen LogP contribution in [0.3, 0.4) is 0 Å². The van der Waals surface area contributed by atoms with E-state index < -0.39 is 12.2 Å². The van der Waals surface area contributed by atoms with Crippen LogP contribution in [0.15, 0.2) is 86.0 Å². The standard InChI is InChI=1S/2C26H25N9O2/c2*1-14-18-9-17(36)13-37-26(18)30-10-19(14)21-6-15-7-22(29-11-20(15)25(27)31-21)32-23-8-16-2-4-34-5-3-28-24(34)12-35(16)33-23/h2*3,5-8,10-11,17,36H,2,4,9,12-13H2,1H3,(H2,27,31)(H,29,32,33)/t2*17-/m10/s1. The Kier molecular flexibility index (Phi) is 10.9. The number of aliphatic hydroxyl groups is 2. The van der Waals surface area contributed by atoms with Crippen LogP contribution in [0.2, 0.25) is 0 Å². The highest BCUT2D eigenvalue weighted by Gasteiger charge is 2.26. The van der Waals surface area contributed by atoms with Gasteiger partial charge in [-0.25, -0.2) is 39.9 Å². The second kappa shape index (κ2) is 17.9. The third kappa shape index (κ3) is 8.28. The lowest BCUT2D eigenvalue weighted by Gasteiger charge is -2.23. The van der Waals surface area contributed by atoms with Crippen LogP contribution in [0.1, 0.15) is 45.3 Å². The zero-order valence-electron chi connectivity index (χ0n) is 40.4. The molecule has 0 unspecified atom stereocenters. The normalized spacial score (nSPS) is 16.4. The molecule has 0 fully saturated rings. The van der Waals surface area contributed by atoms with E-state index in [2.05, 4.69) is 71.8 Å². The SMILES string of the molecule is Cc1c(-c2cc3cc(Nc4cc5n(n4)Cc4nccn4CC5)ncc3c(N)n2)cnc2c1C[C@@H](O)CO2.Cc1c(-c2cc3cc(Nc4cc5n(n4)Cc4nccn4CC5)ncc3c(N)n2)cnc2c1C[C@H](O)CO2. The Balaban J connectivity index is 0.000000143. The van der Waals surface area contributed by atoms with Gasteiger partial charge < -0.3 is 50.9 Å². The molecule has 0 radical (unpaired) electrons. The van der Waals surface area contributed by atoms with Gasteiger partial charge in [0, 0.05) is 145 Å². The van der Waals surface area contributed by atoms with Crippen molar-refractivity contribution < 1.29 is 19.7 Å². The molecule has 74 heavy (non-hydrogen) atoms. The lowest BCUT2D eigenvalue weighted by molar-refractivity contribution is 0.0884. The van der Waals surface area contributed by atoms with Crippen molar-refractivity contribution in [2.75, 3.05) is 35.3 Å². The number of aliphatic hydroxyl groups excluding tert-OH is 2. The predicted octanol–water partition coefficient (Wildman–Crippen LogP) is 5.24. The number of hydrogen-bond acceptors (Lipinski definition) is 18. The second-order valence-electron chi connectivity index (χ2n) is 19.0. The average Bonchev–Trinajstić information content (AvgIpc) is 4.18. The fourth-order valence-electron chi connectivity index (χ4n) is 10.3. The summed E-state index contributed by atoms with van der Waals surface area (Å²) in [6.45, 7) is 7.54. The molecule has 4 aliphatic heterocycles. The molecule has 8 N–H and O–H groups in total. The maximum absolute atomic E-state index is 10.1. The fourth-order valence-corrected chi connectivity index (χ4v) is 10.3. The highest BCUT2D eigenvalue weighted by atomic mass is 16.5. The van der Waals surface area contributed by atoms with Crippen LogP contribution in [-0.4, -0.2) is 104 Å². The Labute approximate surface area is 422 Å². The van der Waals surface area contributed by atoms with Gasteiger partial charge in [0.1, 0.15) is 48.1 Å². The first-order valence-electron chi connectivity index (χ1n) is 24.4. The molecule has 2 atom stereocenters. The van der Waals surface area contributed by atoms with E-state index in [4.69, 9.17) is 31.1 Å². The van der Waals surface area contributed by atoms with Crippen molar-refractivity contribution in [3.8, 4) is 34.3 Å². The predicted molar refractivity (Wildman–Crippen MR) is 275 cm³/mol. The van der Waals surface area contributed by atoms with Gasteiger partial charge in [0.05, 0.1) is 36.7 Å².